The Morgan fingerprint density at radius 2 is 2.25 bits per heavy atom. The van der Waals surface area contributed by atoms with Gasteiger partial charge in [-0.15, -0.1) is 0 Å². The summed E-state index contributed by atoms with van der Waals surface area (Å²) in [5.74, 6) is 1.07. The van der Waals surface area contributed by atoms with E-state index in [4.69, 9.17) is 6.11 Å². The minimum absolute atomic E-state index is 0.0332. The molecule has 0 aromatic carbocycles. The fraction of sp³-hybridized carbons (Fsp3) is 0.905. The highest BCUT2D eigenvalue weighted by molar-refractivity contribution is 5.15. The molecule has 28 heavy (non-hydrogen) atoms. The molecule has 160 valence electrons. The molecule has 3 fully saturated rings. The van der Waals surface area contributed by atoms with Crippen LogP contribution < -0.4 is 21.3 Å². The fourth-order valence-electron chi connectivity index (χ4n) is 5.54. The third-order valence-corrected chi connectivity index (χ3v) is 7.08. The topological polar surface area (TPSA) is 60.6 Å². The number of rotatable bonds is 4. The van der Waals surface area contributed by atoms with E-state index in [1.807, 2.05) is 0 Å². The predicted octanol–water partition coefficient (Wildman–Crippen LogP) is 1.16. The maximum atomic E-state index is 14.5. The lowest BCUT2D eigenvalue weighted by atomic mass is 9.72. The molecule has 1 aliphatic carbocycles. The van der Waals surface area contributed by atoms with Crippen LogP contribution in [-0.4, -0.2) is 75.5 Å². The van der Waals surface area contributed by atoms with Gasteiger partial charge in [-0.1, -0.05) is 11.6 Å². The average Bonchev–Trinajstić information content (AvgIpc) is 3.09. The number of hydrogen-bond acceptors (Lipinski definition) is 6. The molecule has 4 aliphatic rings. The van der Waals surface area contributed by atoms with Crippen LogP contribution in [-0.2, 0) is 4.74 Å². The van der Waals surface area contributed by atoms with Gasteiger partial charge >= 0.3 is 0 Å². The Bertz CT molecular complexity index is 567. The van der Waals surface area contributed by atoms with Crippen LogP contribution in [0.15, 0.2) is 11.6 Å². The largest absolute Gasteiger partial charge is 0.377 e. The number of ether oxygens (including phenoxy) is 1. The van der Waals surface area contributed by atoms with E-state index in [2.05, 4.69) is 39.3 Å². The minimum Gasteiger partial charge on any atom is -0.377 e. The van der Waals surface area contributed by atoms with Crippen molar-refractivity contribution in [3.05, 3.63) is 11.6 Å². The van der Waals surface area contributed by atoms with Crippen molar-refractivity contribution in [1.29, 1.82) is 0 Å². The molecule has 4 N–H and O–H groups in total. The molecule has 8 atom stereocenters. The number of fused-ring (bicyclic) bond motifs is 1. The molecule has 0 amide bonds. The number of hydrogen-bond donors (Lipinski definition) is 4. The van der Waals surface area contributed by atoms with Gasteiger partial charge in [0.15, 0.2) is 0 Å². The van der Waals surface area contributed by atoms with Crippen LogP contribution >= 0.6 is 0 Å². The molecule has 0 bridgehead atoms. The molecule has 0 radical (unpaired) electrons. The van der Waals surface area contributed by atoms with Crippen molar-refractivity contribution in [1.82, 2.24) is 26.2 Å². The van der Waals surface area contributed by atoms with Crippen LogP contribution in [0.4, 0.5) is 4.39 Å². The average molecular weight is 397 g/mol. The zero-order valence-electron chi connectivity index (χ0n) is 18.3. The second-order valence-corrected chi connectivity index (χ2v) is 9.05. The van der Waals surface area contributed by atoms with Crippen molar-refractivity contribution in [2.24, 2.45) is 11.8 Å². The molecule has 0 aromatic rings. The quantitative estimate of drug-likeness (QED) is 0.535. The summed E-state index contributed by atoms with van der Waals surface area (Å²) in [6.07, 6.45) is 6.74. The van der Waals surface area contributed by atoms with Gasteiger partial charge in [0, 0.05) is 32.5 Å². The summed E-state index contributed by atoms with van der Waals surface area (Å²) in [6.45, 7) is 3.09. The lowest BCUT2D eigenvalue weighted by Gasteiger charge is -2.44. The second-order valence-electron chi connectivity index (χ2n) is 9.05. The van der Waals surface area contributed by atoms with Gasteiger partial charge in [0.05, 0.1) is 12.3 Å². The van der Waals surface area contributed by atoms with E-state index in [0.717, 1.165) is 39.0 Å². The van der Waals surface area contributed by atoms with Crippen LogP contribution in [0, 0.1) is 11.8 Å². The molecule has 8 unspecified atom stereocenters. The zero-order valence-corrected chi connectivity index (χ0v) is 17.3. The van der Waals surface area contributed by atoms with Gasteiger partial charge in [-0.25, -0.2) is 4.39 Å². The second kappa shape index (κ2) is 9.06. The first-order chi connectivity index (χ1) is 14.1. The van der Waals surface area contributed by atoms with E-state index < -0.39 is 18.4 Å². The molecule has 7 heteroatoms. The van der Waals surface area contributed by atoms with Gasteiger partial charge in [0.25, 0.3) is 0 Å². The van der Waals surface area contributed by atoms with Gasteiger partial charge < -0.3 is 15.0 Å². The molecule has 6 nitrogen and oxygen atoms in total. The van der Waals surface area contributed by atoms with Gasteiger partial charge in [-0.3, -0.25) is 16.0 Å². The Labute approximate surface area is 170 Å². The number of nitrogens with zero attached hydrogens (tertiary/aromatic N) is 1. The summed E-state index contributed by atoms with van der Waals surface area (Å²) >= 11 is 0. The van der Waals surface area contributed by atoms with Crippen molar-refractivity contribution < 1.29 is 10.5 Å². The molecular formula is C21H38FN5O. The first kappa shape index (κ1) is 19.4. The third-order valence-electron chi connectivity index (χ3n) is 7.08. The van der Waals surface area contributed by atoms with Crippen LogP contribution in [0.25, 0.3) is 0 Å². The van der Waals surface area contributed by atoms with Gasteiger partial charge in [0.2, 0.25) is 0 Å². The summed E-state index contributed by atoms with van der Waals surface area (Å²) in [5.41, 5.74) is 1.57. The molecule has 1 saturated carbocycles. The van der Waals surface area contributed by atoms with Crippen LogP contribution in [0.1, 0.15) is 40.4 Å². The first-order valence-corrected chi connectivity index (χ1v) is 11.0. The van der Waals surface area contributed by atoms with E-state index in [1.165, 1.54) is 12.8 Å². The van der Waals surface area contributed by atoms with E-state index >= 15 is 0 Å². The van der Waals surface area contributed by atoms with E-state index in [1.54, 1.807) is 12.6 Å². The Balaban J connectivity index is 1.44. The highest BCUT2D eigenvalue weighted by Gasteiger charge is 2.44. The lowest BCUT2D eigenvalue weighted by Crippen LogP contribution is -2.72. The molecule has 3 aliphatic heterocycles. The van der Waals surface area contributed by atoms with E-state index in [-0.39, 0.29) is 13.2 Å². The number of halogens is 1. The molecule has 0 spiro atoms. The lowest BCUT2D eigenvalue weighted by molar-refractivity contribution is 0.0147. The van der Waals surface area contributed by atoms with E-state index in [9.17, 15) is 4.39 Å². The normalized spacial score (nSPS) is 45.8. The standard InChI is InChI=1S/C21H38FN5O/c1-13-18(22)20(23-2)26-21(24-13)25-16-11-15-7-10-28-19(15)17(12-16)14-5-4-8-27(3)9-6-14/h6,13,15-21,23-26H,4-5,7-12H2,1-3H3/i1D. The van der Waals surface area contributed by atoms with Gasteiger partial charge in [0.1, 0.15) is 12.5 Å². The van der Waals surface area contributed by atoms with Gasteiger partial charge in [-0.2, -0.15) is 0 Å². The third kappa shape index (κ3) is 4.45. The van der Waals surface area contributed by atoms with Crippen LogP contribution in [0.2, 0.25) is 0 Å². The predicted molar refractivity (Wildman–Crippen MR) is 110 cm³/mol. The summed E-state index contributed by atoms with van der Waals surface area (Å²) in [5, 5.41) is 13.3. The Morgan fingerprint density at radius 1 is 1.36 bits per heavy atom. The van der Waals surface area contributed by atoms with Crippen molar-refractivity contribution >= 4 is 0 Å². The molecule has 4 rings (SSSR count). The molecule has 0 aromatic heterocycles. The van der Waals surface area contributed by atoms with Crippen molar-refractivity contribution in [2.75, 3.05) is 33.8 Å². The maximum Gasteiger partial charge on any atom is 0.143 e. The maximum absolute atomic E-state index is 14.5. The highest BCUT2D eigenvalue weighted by atomic mass is 19.1. The summed E-state index contributed by atoms with van der Waals surface area (Å²) in [4.78, 5) is 2.39. The van der Waals surface area contributed by atoms with Crippen molar-refractivity contribution in [3.63, 3.8) is 0 Å². The van der Waals surface area contributed by atoms with E-state index in [0.29, 0.717) is 24.0 Å². The molecule has 3 heterocycles. The van der Waals surface area contributed by atoms with Crippen molar-refractivity contribution in [2.45, 2.75) is 75.8 Å². The van der Waals surface area contributed by atoms with Gasteiger partial charge in [-0.05, 0) is 65.6 Å². The zero-order chi connectivity index (χ0) is 20.4. The van der Waals surface area contributed by atoms with Crippen molar-refractivity contribution in [3.8, 4) is 0 Å². The minimum atomic E-state index is -1.12. The number of alkyl halides is 1. The Hall–Kier alpha value is -0.570. The number of nitrogens with one attached hydrogen (secondary N) is 4. The highest BCUT2D eigenvalue weighted by Crippen LogP contribution is 2.42. The smallest absolute Gasteiger partial charge is 0.143 e. The summed E-state index contributed by atoms with van der Waals surface area (Å²) in [6, 6.07) is -0.108. The fourth-order valence-corrected chi connectivity index (χ4v) is 5.54. The summed E-state index contributed by atoms with van der Waals surface area (Å²) < 4.78 is 28.4. The monoisotopic (exact) mass is 396 g/mol. The Kier molecular flexibility index (Phi) is 6.28. The Morgan fingerprint density at radius 3 is 3.07 bits per heavy atom. The SMILES string of the molecule is [2H]CC1NC(NC2CC3CCOC3C(C3=CCN(C)CCC3)C2)NC(NC)C1F. The molecule has 2 saturated heterocycles. The van der Waals surface area contributed by atoms with Crippen LogP contribution in [0.3, 0.4) is 0 Å². The summed E-state index contributed by atoms with van der Waals surface area (Å²) in [7, 11) is 3.96. The number of likely N-dealkylation sites (N-methyl/N-ethyl adjacent to an activating group) is 1. The molecular weight excluding hydrogens is 357 g/mol. The first-order valence-electron chi connectivity index (χ1n) is 11.7. The van der Waals surface area contributed by atoms with Crippen LogP contribution in [0.5, 0.6) is 0 Å².